The number of hydrogen-bond acceptors (Lipinski definition) is 3. The minimum absolute atomic E-state index is 0.201. The van der Waals surface area contributed by atoms with Crippen molar-refractivity contribution in [2.24, 2.45) is 0 Å². The van der Waals surface area contributed by atoms with Crippen LogP contribution in [0.15, 0.2) is 24.3 Å². The molecule has 0 bridgehead atoms. The van der Waals surface area contributed by atoms with Crippen molar-refractivity contribution in [2.45, 2.75) is 13.3 Å². The number of pyridine rings is 1. The number of phenols is 1. The van der Waals surface area contributed by atoms with Gasteiger partial charge in [-0.1, -0.05) is 0 Å². The molecule has 1 aromatic heterocycles. The number of benzene rings is 1. The summed E-state index contributed by atoms with van der Waals surface area (Å²) in [4.78, 5) is 4.34. The van der Waals surface area contributed by atoms with Crippen LogP contribution in [0.4, 0.5) is 0 Å². The minimum Gasteiger partial charge on any atom is -0.508 e. The zero-order chi connectivity index (χ0) is 10.8. The highest BCUT2D eigenvalue weighted by molar-refractivity contribution is 5.84. The molecule has 0 fully saturated rings. The number of hydrogen-bond donors (Lipinski definition) is 1. The van der Waals surface area contributed by atoms with E-state index < -0.39 is 0 Å². The van der Waals surface area contributed by atoms with Gasteiger partial charge in [0, 0.05) is 11.1 Å². The Morgan fingerprint density at radius 1 is 1.40 bits per heavy atom. The van der Waals surface area contributed by atoms with Crippen molar-refractivity contribution in [3.05, 3.63) is 35.5 Å². The van der Waals surface area contributed by atoms with Crippen LogP contribution in [0.2, 0.25) is 0 Å². The van der Waals surface area contributed by atoms with Crippen LogP contribution in [0.5, 0.6) is 5.75 Å². The lowest BCUT2D eigenvalue weighted by molar-refractivity contribution is 0.476. The fraction of sp³-hybridized carbons (Fsp3) is 0.167. The third-order valence-corrected chi connectivity index (χ3v) is 2.28. The second-order valence-electron chi connectivity index (χ2n) is 3.46. The lowest BCUT2D eigenvalue weighted by Crippen LogP contribution is -1.90. The molecule has 0 atom stereocenters. The van der Waals surface area contributed by atoms with Gasteiger partial charge in [0.1, 0.15) is 5.75 Å². The van der Waals surface area contributed by atoms with Crippen molar-refractivity contribution in [1.82, 2.24) is 4.98 Å². The molecule has 0 unspecified atom stereocenters. The molecule has 0 aliphatic heterocycles. The van der Waals surface area contributed by atoms with E-state index in [4.69, 9.17) is 5.26 Å². The number of aromatic hydroxyl groups is 1. The second kappa shape index (κ2) is 3.58. The van der Waals surface area contributed by atoms with E-state index >= 15 is 0 Å². The predicted octanol–water partition coefficient (Wildman–Crippen LogP) is 2.31. The van der Waals surface area contributed by atoms with E-state index in [1.165, 1.54) is 0 Å². The van der Waals surface area contributed by atoms with Gasteiger partial charge < -0.3 is 5.11 Å². The summed E-state index contributed by atoms with van der Waals surface area (Å²) in [5.74, 6) is 0.201. The Morgan fingerprint density at radius 3 is 2.93 bits per heavy atom. The first-order valence-corrected chi connectivity index (χ1v) is 4.67. The summed E-state index contributed by atoms with van der Waals surface area (Å²) in [6, 6.07) is 9.01. The zero-order valence-electron chi connectivity index (χ0n) is 8.36. The zero-order valence-corrected chi connectivity index (χ0v) is 8.36. The molecule has 0 saturated carbocycles. The van der Waals surface area contributed by atoms with Gasteiger partial charge in [0.15, 0.2) is 0 Å². The topological polar surface area (TPSA) is 56.9 Å². The van der Waals surface area contributed by atoms with E-state index in [1.54, 1.807) is 18.2 Å². The lowest BCUT2D eigenvalue weighted by atomic mass is 10.1. The van der Waals surface area contributed by atoms with Crippen molar-refractivity contribution in [3.63, 3.8) is 0 Å². The Morgan fingerprint density at radius 2 is 2.20 bits per heavy atom. The van der Waals surface area contributed by atoms with E-state index in [-0.39, 0.29) is 5.75 Å². The molecule has 3 nitrogen and oxygen atoms in total. The van der Waals surface area contributed by atoms with Crippen molar-refractivity contribution in [2.75, 3.05) is 0 Å². The molecule has 0 aliphatic carbocycles. The van der Waals surface area contributed by atoms with E-state index in [1.807, 2.05) is 13.0 Å². The van der Waals surface area contributed by atoms with Gasteiger partial charge in [0.2, 0.25) is 0 Å². The van der Waals surface area contributed by atoms with E-state index in [2.05, 4.69) is 11.1 Å². The summed E-state index contributed by atoms with van der Waals surface area (Å²) in [6.45, 7) is 1.90. The first-order chi connectivity index (χ1) is 7.20. The number of nitrogens with zero attached hydrogens (tertiary/aromatic N) is 2. The van der Waals surface area contributed by atoms with Crippen molar-refractivity contribution >= 4 is 10.9 Å². The highest BCUT2D eigenvalue weighted by atomic mass is 16.3. The maximum atomic E-state index is 9.38. The van der Waals surface area contributed by atoms with Crippen molar-refractivity contribution < 1.29 is 5.11 Å². The second-order valence-corrected chi connectivity index (χ2v) is 3.46. The molecule has 1 heterocycles. The van der Waals surface area contributed by atoms with Gasteiger partial charge in [-0.25, -0.2) is 0 Å². The molecule has 1 aromatic carbocycles. The molecule has 15 heavy (non-hydrogen) atoms. The standard InChI is InChI=1S/C12H10N2O/c1-8-6-9(4-5-13)11-7-10(15)2-3-12(11)14-8/h2-3,6-7,15H,4H2,1H3. The van der Waals surface area contributed by atoms with Crippen LogP contribution in [0.3, 0.4) is 0 Å². The number of aryl methyl sites for hydroxylation is 1. The van der Waals surface area contributed by atoms with Crippen LogP contribution in [-0.4, -0.2) is 10.1 Å². The van der Waals surface area contributed by atoms with Gasteiger partial charge in [-0.05, 0) is 36.8 Å². The average Bonchev–Trinajstić information content (AvgIpc) is 2.19. The smallest absolute Gasteiger partial charge is 0.116 e. The molecular weight excluding hydrogens is 188 g/mol. The summed E-state index contributed by atoms with van der Waals surface area (Å²) in [6.07, 6.45) is 0.337. The monoisotopic (exact) mass is 198 g/mol. The molecule has 3 heteroatoms. The summed E-state index contributed by atoms with van der Waals surface area (Å²) in [5.41, 5.74) is 2.62. The van der Waals surface area contributed by atoms with Gasteiger partial charge in [-0.15, -0.1) is 0 Å². The van der Waals surface area contributed by atoms with Gasteiger partial charge in [0.05, 0.1) is 18.0 Å². The van der Waals surface area contributed by atoms with Gasteiger partial charge in [-0.3, -0.25) is 4.98 Å². The molecule has 2 rings (SSSR count). The maximum Gasteiger partial charge on any atom is 0.116 e. The van der Waals surface area contributed by atoms with Crippen LogP contribution in [-0.2, 0) is 6.42 Å². The molecule has 74 valence electrons. The first-order valence-electron chi connectivity index (χ1n) is 4.67. The Hall–Kier alpha value is -2.08. The molecule has 2 aromatic rings. The first kappa shape index (κ1) is 9.47. The number of rotatable bonds is 1. The average molecular weight is 198 g/mol. The fourth-order valence-electron chi connectivity index (χ4n) is 1.66. The summed E-state index contributed by atoms with van der Waals surface area (Å²) >= 11 is 0. The number of aromatic nitrogens is 1. The molecule has 0 aliphatic rings. The molecule has 1 N–H and O–H groups in total. The maximum absolute atomic E-state index is 9.38. The molecular formula is C12H10N2O. The van der Waals surface area contributed by atoms with Crippen LogP contribution in [0.25, 0.3) is 10.9 Å². The summed E-state index contributed by atoms with van der Waals surface area (Å²) < 4.78 is 0. The molecule has 0 spiro atoms. The fourth-order valence-corrected chi connectivity index (χ4v) is 1.66. The van der Waals surface area contributed by atoms with Crippen molar-refractivity contribution in [3.8, 4) is 11.8 Å². The third-order valence-electron chi connectivity index (χ3n) is 2.28. The Bertz CT molecular complexity index is 555. The third kappa shape index (κ3) is 1.75. The van der Waals surface area contributed by atoms with Crippen LogP contribution in [0, 0.1) is 18.3 Å². The van der Waals surface area contributed by atoms with E-state index in [0.29, 0.717) is 6.42 Å². The minimum atomic E-state index is 0.201. The van der Waals surface area contributed by atoms with Crippen LogP contribution in [0.1, 0.15) is 11.3 Å². The van der Waals surface area contributed by atoms with Gasteiger partial charge in [-0.2, -0.15) is 5.26 Å². The van der Waals surface area contributed by atoms with Gasteiger partial charge >= 0.3 is 0 Å². The largest absolute Gasteiger partial charge is 0.508 e. The summed E-state index contributed by atoms with van der Waals surface area (Å²) in [7, 11) is 0. The number of nitriles is 1. The molecule has 0 amide bonds. The normalized spacial score (nSPS) is 10.1. The number of fused-ring (bicyclic) bond motifs is 1. The highest BCUT2D eigenvalue weighted by Gasteiger charge is 2.04. The van der Waals surface area contributed by atoms with Crippen molar-refractivity contribution in [1.29, 1.82) is 5.26 Å². The van der Waals surface area contributed by atoms with Crippen LogP contribution < -0.4 is 0 Å². The highest BCUT2D eigenvalue weighted by Crippen LogP contribution is 2.23. The number of phenolic OH excluding ortho intramolecular Hbond substituents is 1. The molecule has 0 saturated heterocycles. The Kier molecular flexibility index (Phi) is 2.26. The van der Waals surface area contributed by atoms with E-state index in [0.717, 1.165) is 22.2 Å². The van der Waals surface area contributed by atoms with Gasteiger partial charge in [0.25, 0.3) is 0 Å². The quantitative estimate of drug-likeness (QED) is 0.765. The predicted molar refractivity (Wildman–Crippen MR) is 57.5 cm³/mol. The summed E-state index contributed by atoms with van der Waals surface area (Å²) in [5, 5.41) is 18.9. The Labute approximate surface area is 87.6 Å². The Balaban J connectivity index is 2.77. The van der Waals surface area contributed by atoms with Crippen LogP contribution >= 0.6 is 0 Å². The lowest BCUT2D eigenvalue weighted by Gasteiger charge is -2.04. The SMILES string of the molecule is Cc1cc(CC#N)c2cc(O)ccc2n1. The van der Waals surface area contributed by atoms with E-state index in [9.17, 15) is 5.11 Å². The molecule has 0 radical (unpaired) electrons.